The molecule has 0 saturated carbocycles. The lowest BCUT2D eigenvalue weighted by Gasteiger charge is -2.16. The molecule has 0 aliphatic carbocycles. The average molecular weight is 282 g/mol. The second-order valence-corrected chi connectivity index (χ2v) is 5.83. The van der Waals surface area contributed by atoms with Crippen LogP contribution in [0.25, 0.3) is 6.08 Å². The first kappa shape index (κ1) is 14.9. The summed E-state index contributed by atoms with van der Waals surface area (Å²) in [5.74, 6) is -0.00172. The summed E-state index contributed by atoms with van der Waals surface area (Å²) in [6.45, 7) is 6.13. The van der Waals surface area contributed by atoms with Crippen LogP contribution in [-0.4, -0.2) is 20.9 Å². The third-order valence-corrected chi connectivity index (χ3v) is 2.99. The molecule has 21 heavy (non-hydrogen) atoms. The summed E-state index contributed by atoms with van der Waals surface area (Å²) in [4.78, 5) is 20.5. The van der Waals surface area contributed by atoms with Gasteiger partial charge >= 0.3 is 0 Å². The Labute approximate surface area is 124 Å². The van der Waals surface area contributed by atoms with Gasteiger partial charge in [-0.05, 0) is 23.8 Å². The predicted octanol–water partition coefficient (Wildman–Crippen LogP) is 3.38. The fraction of sp³-hybridized carbons (Fsp3) is 0.235. The number of benzene rings is 1. The number of rotatable bonds is 3. The summed E-state index contributed by atoms with van der Waals surface area (Å²) in [6, 6.07) is 6.60. The van der Waals surface area contributed by atoms with Gasteiger partial charge in [0.15, 0.2) is 0 Å². The van der Waals surface area contributed by atoms with Gasteiger partial charge in [0.25, 0.3) is 0 Å². The highest BCUT2D eigenvalue weighted by atomic mass is 16.3. The zero-order valence-corrected chi connectivity index (χ0v) is 12.4. The van der Waals surface area contributed by atoms with Gasteiger partial charge < -0.3 is 5.11 Å². The Kier molecular flexibility index (Phi) is 4.17. The van der Waals surface area contributed by atoms with Crippen LogP contribution in [-0.2, 0) is 5.41 Å². The Morgan fingerprint density at radius 3 is 2.29 bits per heavy atom. The Bertz CT molecular complexity index is 651. The molecule has 1 heterocycles. The molecule has 0 aliphatic heterocycles. The van der Waals surface area contributed by atoms with E-state index in [-0.39, 0.29) is 16.9 Å². The largest absolute Gasteiger partial charge is 0.508 e. The van der Waals surface area contributed by atoms with Crippen molar-refractivity contribution in [3.63, 3.8) is 0 Å². The van der Waals surface area contributed by atoms with Gasteiger partial charge in [-0.2, -0.15) is 0 Å². The summed E-state index contributed by atoms with van der Waals surface area (Å²) in [5.41, 5.74) is 1.91. The van der Waals surface area contributed by atoms with Gasteiger partial charge in [0.2, 0.25) is 5.78 Å². The Hall–Kier alpha value is -2.49. The van der Waals surface area contributed by atoms with Gasteiger partial charge in [-0.1, -0.05) is 39.0 Å². The maximum atomic E-state index is 12.0. The molecule has 4 nitrogen and oxygen atoms in total. The molecule has 0 saturated heterocycles. The van der Waals surface area contributed by atoms with Crippen molar-refractivity contribution in [3.05, 3.63) is 59.7 Å². The molecular weight excluding hydrogens is 264 g/mol. The zero-order chi connectivity index (χ0) is 15.5. The van der Waals surface area contributed by atoms with Crippen molar-refractivity contribution < 1.29 is 9.90 Å². The number of phenolic OH excluding ortho intramolecular Hbond substituents is 1. The monoisotopic (exact) mass is 282 g/mol. The summed E-state index contributed by atoms with van der Waals surface area (Å²) < 4.78 is 0. The molecule has 0 amide bonds. The molecule has 0 fully saturated rings. The molecule has 2 aromatic rings. The molecule has 0 aliphatic rings. The van der Waals surface area contributed by atoms with Crippen LogP contribution in [0.3, 0.4) is 0 Å². The number of aromatic nitrogens is 2. The molecule has 108 valence electrons. The van der Waals surface area contributed by atoms with E-state index in [1.54, 1.807) is 36.5 Å². The molecule has 0 radical (unpaired) electrons. The lowest BCUT2D eigenvalue weighted by Crippen LogP contribution is -2.14. The smallest absolute Gasteiger partial charge is 0.205 e. The van der Waals surface area contributed by atoms with E-state index in [1.165, 1.54) is 12.3 Å². The first-order valence-corrected chi connectivity index (χ1v) is 6.70. The van der Waals surface area contributed by atoms with E-state index in [4.69, 9.17) is 0 Å². The molecular formula is C17H18N2O2. The molecule has 0 unspecified atom stereocenters. The molecule has 0 atom stereocenters. The molecule has 1 N–H and O–H groups in total. The first-order valence-electron chi connectivity index (χ1n) is 6.70. The van der Waals surface area contributed by atoms with Gasteiger partial charge in [-0.15, -0.1) is 0 Å². The van der Waals surface area contributed by atoms with Gasteiger partial charge in [-0.25, -0.2) is 4.98 Å². The van der Waals surface area contributed by atoms with E-state index < -0.39 is 0 Å². The lowest BCUT2D eigenvalue weighted by molar-refractivity contribution is 0.104. The van der Waals surface area contributed by atoms with Crippen molar-refractivity contribution in [2.75, 3.05) is 0 Å². The first-order chi connectivity index (χ1) is 9.86. The topological polar surface area (TPSA) is 63.1 Å². The minimum absolute atomic E-state index is 0.0868. The zero-order valence-electron chi connectivity index (χ0n) is 12.4. The fourth-order valence-corrected chi connectivity index (χ4v) is 1.69. The number of hydrogen-bond acceptors (Lipinski definition) is 4. The van der Waals surface area contributed by atoms with Crippen LogP contribution < -0.4 is 0 Å². The molecule has 1 aromatic heterocycles. The minimum atomic E-state index is -0.198. The standard InChI is InChI=1S/C17H18N2O2/c1-17(2,3)16-11-18-14(10-19-16)15(21)9-6-12-4-7-13(20)8-5-12/h4-11,20H,1-3H3/b9-6+. The number of ketones is 1. The maximum Gasteiger partial charge on any atom is 0.205 e. The number of allylic oxidation sites excluding steroid dienone is 1. The second-order valence-electron chi connectivity index (χ2n) is 5.83. The molecule has 1 aromatic carbocycles. The summed E-state index contributed by atoms with van der Waals surface area (Å²) in [5, 5.41) is 9.19. The van der Waals surface area contributed by atoms with Crippen molar-refractivity contribution in [2.24, 2.45) is 0 Å². The Balaban J connectivity index is 2.11. The fourth-order valence-electron chi connectivity index (χ4n) is 1.69. The summed E-state index contributed by atoms with van der Waals surface area (Å²) >= 11 is 0. The number of hydrogen-bond donors (Lipinski definition) is 1. The van der Waals surface area contributed by atoms with Crippen molar-refractivity contribution in [1.29, 1.82) is 0 Å². The lowest BCUT2D eigenvalue weighted by atomic mass is 9.93. The van der Waals surface area contributed by atoms with E-state index in [0.29, 0.717) is 5.69 Å². The van der Waals surface area contributed by atoms with Crippen LogP contribution in [0.5, 0.6) is 5.75 Å². The highest BCUT2D eigenvalue weighted by Gasteiger charge is 2.16. The van der Waals surface area contributed by atoms with Crippen molar-refractivity contribution in [2.45, 2.75) is 26.2 Å². The van der Waals surface area contributed by atoms with Crippen molar-refractivity contribution >= 4 is 11.9 Å². The van der Waals surface area contributed by atoms with Gasteiger partial charge in [0, 0.05) is 11.6 Å². The number of phenols is 1. The Morgan fingerprint density at radius 2 is 1.76 bits per heavy atom. The van der Waals surface area contributed by atoms with Crippen LogP contribution in [0.1, 0.15) is 42.5 Å². The van der Waals surface area contributed by atoms with Crippen LogP contribution in [0.2, 0.25) is 0 Å². The normalized spacial score (nSPS) is 11.8. The van der Waals surface area contributed by atoms with Crippen molar-refractivity contribution in [1.82, 2.24) is 9.97 Å². The molecule has 2 rings (SSSR count). The maximum absolute atomic E-state index is 12.0. The van der Waals surface area contributed by atoms with Crippen LogP contribution in [0, 0.1) is 0 Å². The Morgan fingerprint density at radius 1 is 1.10 bits per heavy atom. The average Bonchev–Trinajstić information content (AvgIpc) is 2.45. The van der Waals surface area contributed by atoms with E-state index in [1.807, 2.05) is 20.8 Å². The van der Waals surface area contributed by atoms with E-state index in [9.17, 15) is 9.90 Å². The van der Waals surface area contributed by atoms with Crippen LogP contribution in [0.4, 0.5) is 0 Å². The summed E-state index contributed by atoms with van der Waals surface area (Å²) in [6.07, 6.45) is 6.28. The number of nitrogens with zero attached hydrogens (tertiary/aromatic N) is 2. The van der Waals surface area contributed by atoms with Gasteiger partial charge in [0.05, 0.1) is 11.9 Å². The van der Waals surface area contributed by atoms with Crippen molar-refractivity contribution in [3.8, 4) is 5.75 Å². The quantitative estimate of drug-likeness (QED) is 0.692. The van der Waals surface area contributed by atoms with E-state index >= 15 is 0 Å². The number of carbonyl (C=O) groups excluding carboxylic acids is 1. The number of aromatic hydroxyl groups is 1. The number of carbonyl (C=O) groups is 1. The highest BCUT2D eigenvalue weighted by Crippen LogP contribution is 2.18. The van der Waals surface area contributed by atoms with Crippen LogP contribution in [0.15, 0.2) is 42.7 Å². The third-order valence-electron chi connectivity index (χ3n) is 2.99. The molecule has 0 spiro atoms. The molecule has 4 heteroatoms. The van der Waals surface area contributed by atoms with Gasteiger partial charge in [0.1, 0.15) is 11.4 Å². The third kappa shape index (κ3) is 3.99. The van der Waals surface area contributed by atoms with Crippen LogP contribution >= 0.6 is 0 Å². The highest BCUT2D eigenvalue weighted by molar-refractivity contribution is 6.05. The summed E-state index contributed by atoms with van der Waals surface area (Å²) in [7, 11) is 0. The second kappa shape index (κ2) is 5.87. The van der Waals surface area contributed by atoms with E-state index in [0.717, 1.165) is 11.3 Å². The molecule has 0 bridgehead atoms. The van der Waals surface area contributed by atoms with E-state index in [2.05, 4.69) is 9.97 Å². The predicted molar refractivity (Wildman–Crippen MR) is 82.2 cm³/mol. The SMILES string of the molecule is CC(C)(C)c1cnc(C(=O)/C=C/c2ccc(O)cc2)cn1. The van der Waals surface area contributed by atoms with Gasteiger partial charge in [-0.3, -0.25) is 9.78 Å². The minimum Gasteiger partial charge on any atom is -0.508 e.